The Hall–Kier alpha value is -1.31. The third-order valence-corrected chi connectivity index (χ3v) is 2.55. The summed E-state index contributed by atoms with van der Waals surface area (Å²) in [5.41, 5.74) is 2.34. The van der Waals surface area contributed by atoms with E-state index in [1.54, 1.807) is 4.90 Å². The van der Waals surface area contributed by atoms with Crippen LogP contribution in [0.15, 0.2) is 24.3 Å². The molecule has 1 aromatic rings. The fourth-order valence-corrected chi connectivity index (χ4v) is 1.81. The van der Waals surface area contributed by atoms with E-state index in [0.29, 0.717) is 6.42 Å². The number of hydrogen-bond donors (Lipinski definition) is 0. The molecule has 73 valence electrons. The van der Waals surface area contributed by atoms with Gasteiger partial charge in [-0.15, -0.1) is 0 Å². The van der Waals surface area contributed by atoms with Crippen molar-refractivity contribution in [3.63, 3.8) is 0 Å². The van der Waals surface area contributed by atoms with Gasteiger partial charge in [0, 0.05) is 12.1 Å². The molecule has 1 heterocycles. The van der Waals surface area contributed by atoms with Crippen LogP contribution in [-0.4, -0.2) is 5.91 Å². The summed E-state index contributed by atoms with van der Waals surface area (Å²) in [5, 5.41) is 0. The van der Waals surface area contributed by atoms with E-state index in [4.69, 9.17) is 0 Å². The average molecular weight is 188 g/mol. The van der Waals surface area contributed by atoms with E-state index >= 15 is 0 Å². The Morgan fingerprint density at radius 2 is 2.21 bits per heavy atom. The Labute approximate surface area is 84.5 Å². The summed E-state index contributed by atoms with van der Waals surface area (Å²) < 4.78 is 0. The number of carbonyl (C=O) groups excluding carboxylic acids is 1. The first-order valence-electron chi connectivity index (χ1n) is 5.06. The fourth-order valence-electron chi connectivity index (χ4n) is 1.81. The van der Waals surface area contributed by atoms with Crippen LogP contribution in [0.4, 0.5) is 5.69 Å². The number of para-hydroxylation sites is 1. The molecule has 0 unspecified atom stereocenters. The molecular weight excluding hydrogens is 174 g/mol. The van der Waals surface area contributed by atoms with Crippen molar-refractivity contribution in [3.05, 3.63) is 36.4 Å². The molecule has 1 aliphatic rings. The normalized spacial score (nSPS) is 15.1. The second-order valence-corrected chi connectivity index (χ2v) is 3.47. The van der Waals surface area contributed by atoms with Gasteiger partial charge in [-0.1, -0.05) is 25.1 Å². The molecule has 2 nitrogen and oxygen atoms in total. The van der Waals surface area contributed by atoms with Crippen molar-refractivity contribution in [1.29, 1.82) is 0 Å². The Morgan fingerprint density at radius 3 is 3.00 bits per heavy atom. The second kappa shape index (κ2) is 3.82. The zero-order valence-corrected chi connectivity index (χ0v) is 8.36. The second-order valence-electron chi connectivity index (χ2n) is 3.47. The van der Waals surface area contributed by atoms with Crippen LogP contribution < -0.4 is 4.90 Å². The SMILES string of the molecule is CCC(=O)N1[CH]CCc2ccccc21. The van der Waals surface area contributed by atoms with Gasteiger partial charge in [0.25, 0.3) is 0 Å². The summed E-state index contributed by atoms with van der Waals surface area (Å²) in [6, 6.07) is 8.11. The molecule has 0 fully saturated rings. The average Bonchev–Trinajstić information content (AvgIpc) is 2.27. The van der Waals surface area contributed by atoms with Crippen LogP contribution >= 0.6 is 0 Å². The number of carbonyl (C=O) groups is 1. The minimum absolute atomic E-state index is 0.178. The van der Waals surface area contributed by atoms with Gasteiger partial charge in [0.1, 0.15) is 0 Å². The van der Waals surface area contributed by atoms with E-state index in [1.165, 1.54) is 5.56 Å². The lowest BCUT2D eigenvalue weighted by Crippen LogP contribution is -2.31. The van der Waals surface area contributed by atoms with E-state index < -0.39 is 0 Å². The Kier molecular flexibility index (Phi) is 2.53. The molecule has 0 N–H and O–H groups in total. The van der Waals surface area contributed by atoms with Crippen LogP contribution in [0.2, 0.25) is 0 Å². The molecule has 1 aromatic carbocycles. The first kappa shape index (κ1) is 9.25. The zero-order valence-electron chi connectivity index (χ0n) is 8.36. The monoisotopic (exact) mass is 188 g/mol. The van der Waals surface area contributed by atoms with Gasteiger partial charge in [0.05, 0.1) is 6.54 Å². The van der Waals surface area contributed by atoms with E-state index in [1.807, 2.05) is 31.7 Å². The number of amides is 1. The van der Waals surface area contributed by atoms with Crippen molar-refractivity contribution in [2.24, 2.45) is 0 Å². The maximum Gasteiger partial charge on any atom is 0.227 e. The van der Waals surface area contributed by atoms with Gasteiger partial charge in [-0.2, -0.15) is 0 Å². The van der Waals surface area contributed by atoms with Crippen LogP contribution in [-0.2, 0) is 11.2 Å². The Bertz CT molecular complexity index is 346. The number of fused-ring (bicyclic) bond motifs is 1. The summed E-state index contributed by atoms with van der Waals surface area (Å²) in [6.07, 6.45) is 2.57. The van der Waals surface area contributed by atoms with E-state index in [2.05, 4.69) is 6.07 Å². The molecule has 0 aliphatic carbocycles. The molecule has 0 aromatic heterocycles. The van der Waals surface area contributed by atoms with E-state index in [-0.39, 0.29) is 5.91 Å². The van der Waals surface area contributed by atoms with Gasteiger partial charge >= 0.3 is 0 Å². The third-order valence-electron chi connectivity index (χ3n) is 2.55. The molecule has 1 aliphatic heterocycles. The van der Waals surface area contributed by atoms with E-state index in [9.17, 15) is 4.79 Å². The van der Waals surface area contributed by atoms with Gasteiger partial charge in [0.2, 0.25) is 5.91 Å². The number of nitrogens with zero attached hydrogens (tertiary/aromatic N) is 1. The minimum Gasteiger partial charge on any atom is -0.307 e. The highest BCUT2D eigenvalue weighted by Crippen LogP contribution is 2.28. The lowest BCUT2D eigenvalue weighted by Gasteiger charge is -2.28. The van der Waals surface area contributed by atoms with Gasteiger partial charge < -0.3 is 4.90 Å². The lowest BCUT2D eigenvalue weighted by molar-refractivity contribution is -0.118. The van der Waals surface area contributed by atoms with Crippen molar-refractivity contribution < 1.29 is 4.79 Å². The fraction of sp³-hybridized carbons (Fsp3) is 0.333. The molecule has 0 bridgehead atoms. The maximum absolute atomic E-state index is 11.6. The summed E-state index contributed by atoms with van der Waals surface area (Å²) in [4.78, 5) is 13.4. The Balaban J connectivity index is 2.35. The molecule has 2 heteroatoms. The van der Waals surface area contributed by atoms with Crippen molar-refractivity contribution >= 4 is 11.6 Å². The zero-order chi connectivity index (χ0) is 9.97. The van der Waals surface area contributed by atoms with Crippen molar-refractivity contribution in [2.75, 3.05) is 4.90 Å². The molecule has 1 amide bonds. The number of anilines is 1. The number of benzene rings is 1. The quantitative estimate of drug-likeness (QED) is 0.663. The topological polar surface area (TPSA) is 20.3 Å². The molecule has 2 rings (SSSR count). The smallest absolute Gasteiger partial charge is 0.227 e. The van der Waals surface area contributed by atoms with Crippen molar-refractivity contribution in [1.82, 2.24) is 0 Å². The van der Waals surface area contributed by atoms with Crippen LogP contribution in [0, 0.1) is 6.54 Å². The van der Waals surface area contributed by atoms with Crippen LogP contribution in [0.25, 0.3) is 0 Å². The maximum atomic E-state index is 11.6. The van der Waals surface area contributed by atoms with Gasteiger partial charge in [0.15, 0.2) is 0 Å². The predicted octanol–water partition coefficient (Wildman–Crippen LogP) is 2.54. The van der Waals surface area contributed by atoms with Crippen LogP contribution in [0.3, 0.4) is 0 Å². The highest BCUT2D eigenvalue weighted by molar-refractivity contribution is 5.95. The summed E-state index contributed by atoms with van der Waals surface area (Å²) in [7, 11) is 0. The molecule has 0 saturated heterocycles. The van der Waals surface area contributed by atoms with Crippen molar-refractivity contribution in [2.45, 2.75) is 26.2 Å². The standard InChI is InChI=1S/C12H14NO/c1-2-12(14)13-9-5-7-10-6-3-4-8-11(10)13/h3-4,6,8-9H,2,5,7H2,1H3. The molecular formula is C12H14NO. The van der Waals surface area contributed by atoms with Crippen molar-refractivity contribution in [3.8, 4) is 0 Å². The summed E-state index contributed by atoms with van der Waals surface area (Å²) in [6.45, 7) is 3.89. The van der Waals surface area contributed by atoms with Crippen LogP contribution in [0.1, 0.15) is 25.3 Å². The highest BCUT2D eigenvalue weighted by Gasteiger charge is 2.20. The van der Waals surface area contributed by atoms with Gasteiger partial charge in [-0.05, 0) is 24.5 Å². The highest BCUT2D eigenvalue weighted by atomic mass is 16.2. The predicted molar refractivity (Wildman–Crippen MR) is 56.8 cm³/mol. The van der Waals surface area contributed by atoms with Gasteiger partial charge in [-0.25, -0.2) is 0 Å². The number of aryl methyl sites for hydroxylation is 1. The number of hydrogen-bond acceptors (Lipinski definition) is 1. The Morgan fingerprint density at radius 1 is 1.43 bits per heavy atom. The van der Waals surface area contributed by atoms with Gasteiger partial charge in [-0.3, -0.25) is 4.79 Å². The molecule has 0 spiro atoms. The summed E-state index contributed by atoms with van der Waals surface area (Å²) >= 11 is 0. The number of rotatable bonds is 1. The van der Waals surface area contributed by atoms with E-state index in [0.717, 1.165) is 18.5 Å². The third kappa shape index (κ3) is 1.52. The lowest BCUT2D eigenvalue weighted by atomic mass is 10.0. The van der Waals surface area contributed by atoms with Crippen LogP contribution in [0.5, 0.6) is 0 Å². The first-order valence-corrected chi connectivity index (χ1v) is 5.06. The summed E-state index contributed by atoms with van der Waals surface area (Å²) in [5.74, 6) is 0.178. The molecule has 0 saturated carbocycles. The molecule has 0 atom stereocenters. The largest absolute Gasteiger partial charge is 0.307 e. The molecule has 1 radical (unpaired) electrons. The minimum atomic E-state index is 0.178. The molecule has 14 heavy (non-hydrogen) atoms. The first-order chi connectivity index (χ1) is 6.83.